The van der Waals surface area contributed by atoms with Crippen LogP contribution in [0.4, 0.5) is 0 Å². The maximum Gasteiger partial charge on any atom is 0.136 e. The maximum atomic E-state index is 6.66. The molecule has 0 saturated heterocycles. The molecule has 2 aromatic heterocycles. The molecular weight excluding hydrogens is 741 g/mol. The summed E-state index contributed by atoms with van der Waals surface area (Å²) in [6, 6.07) is 70.9. The second-order valence-corrected chi connectivity index (χ2v) is 17.2. The van der Waals surface area contributed by atoms with E-state index in [1.165, 1.54) is 82.7 Å². The Morgan fingerprint density at radius 1 is 0.279 bits per heavy atom. The largest absolute Gasteiger partial charge is 0.456 e. The van der Waals surface area contributed by atoms with Crippen LogP contribution in [0.25, 0.3) is 121 Å². The average Bonchev–Trinajstić information content (AvgIpc) is 3.94. The van der Waals surface area contributed by atoms with Crippen LogP contribution >= 0.6 is 0 Å². The lowest BCUT2D eigenvalue weighted by molar-refractivity contribution is 0.658. The Hall–Kier alpha value is -7.68. The van der Waals surface area contributed by atoms with E-state index in [0.29, 0.717) is 0 Å². The lowest BCUT2D eigenvalue weighted by Crippen LogP contribution is -2.14. The molecule has 12 aromatic rings. The standard InChI is InChI=1S/C59H38O2/c1-59(2)51-21-10-8-17-41(51)46-34-56-49(33-52(46)59)48-32-40(25-28-55(48)61-56)58-44-20-7-6-19-43(44)57(45-26-23-37(31-50(45)58)35-13-4-3-5-14-35)39-16-12-15-36(29-39)38-24-27-54-47(30-38)42-18-9-11-22-53(42)60-54/h3-34H,1-2H3. The first kappa shape index (κ1) is 34.2. The molecule has 0 N–H and O–H groups in total. The zero-order valence-corrected chi connectivity index (χ0v) is 33.8. The van der Waals surface area contributed by atoms with Gasteiger partial charge in [0, 0.05) is 27.0 Å². The van der Waals surface area contributed by atoms with Crippen molar-refractivity contribution in [3.05, 3.63) is 205 Å². The van der Waals surface area contributed by atoms with Crippen LogP contribution in [-0.2, 0) is 5.41 Å². The first-order chi connectivity index (χ1) is 30.0. The molecule has 2 nitrogen and oxygen atoms in total. The van der Waals surface area contributed by atoms with E-state index in [1.807, 2.05) is 12.1 Å². The molecule has 0 spiro atoms. The lowest BCUT2D eigenvalue weighted by atomic mass is 9.82. The van der Waals surface area contributed by atoms with Gasteiger partial charge < -0.3 is 8.83 Å². The summed E-state index contributed by atoms with van der Waals surface area (Å²) in [6.45, 7) is 4.69. The molecule has 13 rings (SSSR count). The first-order valence-electron chi connectivity index (χ1n) is 21.1. The van der Waals surface area contributed by atoms with Crippen molar-refractivity contribution < 1.29 is 8.83 Å². The van der Waals surface area contributed by atoms with Gasteiger partial charge in [0.05, 0.1) is 0 Å². The van der Waals surface area contributed by atoms with Crippen LogP contribution in [0.5, 0.6) is 0 Å². The molecule has 61 heavy (non-hydrogen) atoms. The van der Waals surface area contributed by atoms with Gasteiger partial charge in [0.25, 0.3) is 0 Å². The molecular formula is C59H38O2. The van der Waals surface area contributed by atoms with Crippen molar-refractivity contribution in [3.8, 4) is 55.6 Å². The van der Waals surface area contributed by atoms with E-state index in [1.54, 1.807) is 0 Å². The Bertz CT molecular complexity index is 3780. The highest BCUT2D eigenvalue weighted by Gasteiger charge is 2.36. The van der Waals surface area contributed by atoms with Gasteiger partial charge in [-0.15, -0.1) is 0 Å². The quantitative estimate of drug-likeness (QED) is 0.166. The van der Waals surface area contributed by atoms with Crippen molar-refractivity contribution in [1.82, 2.24) is 0 Å². The number of para-hydroxylation sites is 1. The summed E-state index contributed by atoms with van der Waals surface area (Å²) in [5.41, 5.74) is 18.4. The Kier molecular flexibility index (Phi) is 7.10. The molecule has 0 saturated carbocycles. The van der Waals surface area contributed by atoms with Gasteiger partial charge in [-0.3, -0.25) is 0 Å². The molecule has 0 radical (unpaired) electrons. The number of fused-ring (bicyclic) bond motifs is 11. The number of benzene rings is 10. The summed E-state index contributed by atoms with van der Waals surface area (Å²) in [7, 11) is 0. The minimum atomic E-state index is -0.102. The Labute approximate surface area is 352 Å². The molecule has 2 heteroatoms. The number of furan rings is 2. The molecule has 0 amide bonds. The van der Waals surface area contributed by atoms with Crippen LogP contribution in [0.15, 0.2) is 203 Å². The molecule has 0 bridgehead atoms. The summed E-state index contributed by atoms with van der Waals surface area (Å²) in [5, 5.41) is 9.44. The van der Waals surface area contributed by atoms with E-state index >= 15 is 0 Å². The van der Waals surface area contributed by atoms with Crippen molar-refractivity contribution in [3.63, 3.8) is 0 Å². The predicted molar refractivity (Wildman–Crippen MR) is 255 cm³/mol. The third kappa shape index (κ3) is 5.03. The van der Waals surface area contributed by atoms with Crippen molar-refractivity contribution in [2.45, 2.75) is 19.3 Å². The van der Waals surface area contributed by atoms with Gasteiger partial charge in [0.2, 0.25) is 0 Å². The smallest absolute Gasteiger partial charge is 0.136 e. The second kappa shape index (κ2) is 12.7. The molecule has 0 aliphatic heterocycles. The van der Waals surface area contributed by atoms with Crippen molar-refractivity contribution >= 4 is 65.4 Å². The maximum absolute atomic E-state index is 6.66. The molecule has 286 valence electrons. The lowest BCUT2D eigenvalue weighted by Gasteiger charge is -2.21. The van der Waals surface area contributed by atoms with Crippen molar-refractivity contribution in [1.29, 1.82) is 0 Å². The highest BCUT2D eigenvalue weighted by atomic mass is 16.3. The average molecular weight is 779 g/mol. The van der Waals surface area contributed by atoms with Crippen LogP contribution < -0.4 is 0 Å². The fraction of sp³-hybridized carbons (Fsp3) is 0.0508. The Morgan fingerprint density at radius 3 is 1.62 bits per heavy atom. The fourth-order valence-electron chi connectivity index (χ4n) is 10.5. The predicted octanol–water partition coefficient (Wildman–Crippen LogP) is 16.8. The molecule has 0 atom stereocenters. The van der Waals surface area contributed by atoms with Gasteiger partial charge in [0.15, 0.2) is 0 Å². The number of rotatable bonds is 4. The molecule has 0 fully saturated rings. The third-order valence-corrected chi connectivity index (χ3v) is 13.5. The van der Waals surface area contributed by atoms with E-state index in [4.69, 9.17) is 8.83 Å². The summed E-state index contributed by atoms with van der Waals surface area (Å²) >= 11 is 0. The number of hydrogen-bond acceptors (Lipinski definition) is 2. The number of hydrogen-bond donors (Lipinski definition) is 0. The third-order valence-electron chi connectivity index (χ3n) is 13.5. The van der Waals surface area contributed by atoms with Crippen LogP contribution in [0.3, 0.4) is 0 Å². The molecule has 0 unspecified atom stereocenters. The van der Waals surface area contributed by atoms with Crippen molar-refractivity contribution in [2.24, 2.45) is 0 Å². The minimum absolute atomic E-state index is 0.102. The Morgan fingerprint density at radius 2 is 0.787 bits per heavy atom. The van der Waals surface area contributed by atoms with Crippen LogP contribution in [0.1, 0.15) is 25.0 Å². The highest BCUT2D eigenvalue weighted by Crippen LogP contribution is 2.52. The van der Waals surface area contributed by atoms with Gasteiger partial charge in [0.1, 0.15) is 22.3 Å². The summed E-state index contributed by atoms with van der Waals surface area (Å²) < 4.78 is 12.9. The minimum Gasteiger partial charge on any atom is -0.456 e. The van der Waals surface area contributed by atoms with Crippen molar-refractivity contribution in [2.75, 3.05) is 0 Å². The van der Waals surface area contributed by atoms with Crippen LogP contribution in [-0.4, -0.2) is 0 Å². The summed E-state index contributed by atoms with van der Waals surface area (Å²) in [4.78, 5) is 0. The van der Waals surface area contributed by atoms with Gasteiger partial charge in [-0.25, -0.2) is 0 Å². The fourth-order valence-corrected chi connectivity index (χ4v) is 10.5. The van der Waals surface area contributed by atoms with Gasteiger partial charge >= 0.3 is 0 Å². The van der Waals surface area contributed by atoms with E-state index in [9.17, 15) is 0 Å². The van der Waals surface area contributed by atoms with Gasteiger partial charge in [-0.05, 0) is 143 Å². The van der Waals surface area contributed by atoms with Crippen LogP contribution in [0.2, 0.25) is 0 Å². The zero-order valence-electron chi connectivity index (χ0n) is 33.8. The molecule has 10 aromatic carbocycles. The van der Waals surface area contributed by atoms with E-state index < -0.39 is 0 Å². The van der Waals surface area contributed by atoms with E-state index in [-0.39, 0.29) is 5.41 Å². The first-order valence-corrected chi connectivity index (χ1v) is 21.1. The molecule has 1 aliphatic carbocycles. The van der Waals surface area contributed by atoms with E-state index in [2.05, 4.69) is 196 Å². The highest BCUT2D eigenvalue weighted by molar-refractivity contribution is 6.23. The van der Waals surface area contributed by atoms with Gasteiger partial charge in [-0.1, -0.05) is 153 Å². The normalized spacial score (nSPS) is 13.2. The molecule has 1 aliphatic rings. The molecule has 2 heterocycles. The van der Waals surface area contributed by atoms with Crippen LogP contribution in [0, 0.1) is 0 Å². The second-order valence-electron chi connectivity index (χ2n) is 17.2. The van der Waals surface area contributed by atoms with E-state index in [0.717, 1.165) is 49.4 Å². The summed E-state index contributed by atoms with van der Waals surface area (Å²) in [6.07, 6.45) is 0. The monoisotopic (exact) mass is 778 g/mol. The topological polar surface area (TPSA) is 26.3 Å². The zero-order chi connectivity index (χ0) is 40.4. The summed E-state index contributed by atoms with van der Waals surface area (Å²) in [5.74, 6) is 0. The Balaban J connectivity index is 1.04. The SMILES string of the molecule is CC1(C)c2ccccc2-c2cc3oc4ccc(-c5c6ccccc6c(-c6cccc(-c7ccc8oc9ccccc9c8c7)c6)c6ccc(-c7ccccc7)cc56)cc4c3cc21. The van der Waals surface area contributed by atoms with Gasteiger partial charge in [-0.2, -0.15) is 0 Å².